The lowest BCUT2D eigenvalue weighted by Crippen LogP contribution is -2.36. The minimum absolute atomic E-state index is 0.166. The molecule has 0 bridgehead atoms. The maximum absolute atomic E-state index is 11.6. The average molecular weight is 289 g/mol. The lowest BCUT2D eigenvalue weighted by atomic mass is 10.1. The fourth-order valence-corrected chi connectivity index (χ4v) is 2.08. The number of nitrogens with one attached hydrogen (secondary N) is 2. The molecule has 2 rings (SSSR count). The number of benzene rings is 2. The van der Waals surface area contributed by atoms with E-state index in [9.17, 15) is 4.79 Å². The Morgan fingerprint density at radius 2 is 1.65 bits per heavy atom. The second kappa shape index (κ2) is 7.56. The van der Waals surface area contributed by atoms with Gasteiger partial charge in [-0.1, -0.05) is 60.1 Å². The summed E-state index contributed by atoms with van der Waals surface area (Å²) in [5.41, 5.74) is 2.12. The number of amides is 2. The van der Waals surface area contributed by atoms with Gasteiger partial charge in [0.2, 0.25) is 0 Å². The third-order valence-corrected chi connectivity index (χ3v) is 3.30. The van der Waals surface area contributed by atoms with E-state index < -0.39 is 0 Å². The quantitative estimate of drug-likeness (QED) is 0.870. The molecule has 2 aromatic rings. The minimum Gasteiger partial charge on any atom is -0.338 e. The maximum atomic E-state index is 11.6. The predicted molar refractivity (Wildman–Crippen MR) is 81.8 cm³/mol. The summed E-state index contributed by atoms with van der Waals surface area (Å²) in [5.74, 6) is 0. The molecule has 0 aliphatic heterocycles. The second-order valence-electron chi connectivity index (χ2n) is 4.44. The van der Waals surface area contributed by atoms with E-state index in [4.69, 9.17) is 11.6 Å². The van der Waals surface area contributed by atoms with Gasteiger partial charge in [-0.05, 0) is 23.6 Å². The number of hydrogen-bond donors (Lipinski definition) is 2. The van der Waals surface area contributed by atoms with Crippen molar-refractivity contribution in [3.8, 4) is 0 Å². The standard InChI is InChI=1S/C16H17ClN2O/c17-15-9-5-4-8-14(15)10-11-18-16(20)19-12-13-6-2-1-3-7-13/h1-9H,10-12H2,(H2,18,19,20). The van der Waals surface area contributed by atoms with Gasteiger partial charge in [0.25, 0.3) is 0 Å². The number of urea groups is 1. The van der Waals surface area contributed by atoms with Crippen molar-refractivity contribution in [3.05, 3.63) is 70.7 Å². The molecule has 2 aromatic carbocycles. The molecule has 0 fully saturated rings. The van der Waals surface area contributed by atoms with Gasteiger partial charge in [-0.3, -0.25) is 0 Å². The van der Waals surface area contributed by atoms with Crippen LogP contribution in [-0.2, 0) is 13.0 Å². The normalized spacial score (nSPS) is 10.1. The van der Waals surface area contributed by atoms with Crippen molar-refractivity contribution in [3.63, 3.8) is 0 Å². The zero-order chi connectivity index (χ0) is 14.2. The van der Waals surface area contributed by atoms with Crippen LogP contribution in [0, 0.1) is 0 Å². The van der Waals surface area contributed by atoms with Crippen LogP contribution in [0.4, 0.5) is 4.79 Å². The Labute approximate surface area is 124 Å². The molecule has 0 spiro atoms. The zero-order valence-electron chi connectivity index (χ0n) is 11.1. The molecule has 4 heteroatoms. The third-order valence-electron chi connectivity index (χ3n) is 2.93. The first-order valence-corrected chi connectivity index (χ1v) is 6.92. The van der Waals surface area contributed by atoms with Gasteiger partial charge in [0.05, 0.1) is 0 Å². The van der Waals surface area contributed by atoms with Gasteiger partial charge >= 0.3 is 6.03 Å². The highest BCUT2D eigenvalue weighted by molar-refractivity contribution is 6.31. The Kier molecular flexibility index (Phi) is 5.44. The van der Waals surface area contributed by atoms with E-state index in [0.29, 0.717) is 13.1 Å². The highest BCUT2D eigenvalue weighted by Crippen LogP contribution is 2.14. The SMILES string of the molecule is O=C(NCCc1ccccc1Cl)NCc1ccccc1. The minimum atomic E-state index is -0.166. The fraction of sp³-hybridized carbons (Fsp3) is 0.188. The molecule has 0 aliphatic carbocycles. The molecule has 0 aliphatic rings. The molecule has 2 N–H and O–H groups in total. The van der Waals surface area contributed by atoms with Gasteiger partial charge in [0.1, 0.15) is 0 Å². The number of halogens is 1. The topological polar surface area (TPSA) is 41.1 Å². The highest BCUT2D eigenvalue weighted by Gasteiger charge is 2.02. The molecule has 2 amide bonds. The van der Waals surface area contributed by atoms with E-state index in [1.54, 1.807) is 0 Å². The van der Waals surface area contributed by atoms with E-state index in [-0.39, 0.29) is 6.03 Å². The van der Waals surface area contributed by atoms with Crippen LogP contribution in [0.25, 0.3) is 0 Å². The lowest BCUT2D eigenvalue weighted by molar-refractivity contribution is 0.240. The molecule has 0 atom stereocenters. The highest BCUT2D eigenvalue weighted by atomic mass is 35.5. The summed E-state index contributed by atoms with van der Waals surface area (Å²) in [5, 5.41) is 6.37. The van der Waals surface area contributed by atoms with Crippen LogP contribution in [0.2, 0.25) is 5.02 Å². The van der Waals surface area contributed by atoms with Gasteiger partial charge in [0.15, 0.2) is 0 Å². The zero-order valence-corrected chi connectivity index (χ0v) is 11.9. The first kappa shape index (κ1) is 14.4. The summed E-state index contributed by atoms with van der Waals surface area (Å²) >= 11 is 6.05. The Balaban J connectivity index is 1.69. The molecule has 3 nitrogen and oxygen atoms in total. The number of hydrogen-bond acceptors (Lipinski definition) is 1. The van der Waals surface area contributed by atoms with Crippen molar-refractivity contribution in [1.82, 2.24) is 10.6 Å². The number of carbonyl (C=O) groups is 1. The summed E-state index contributed by atoms with van der Waals surface area (Å²) in [4.78, 5) is 11.6. The van der Waals surface area contributed by atoms with E-state index in [1.165, 1.54) is 0 Å². The molecule has 0 heterocycles. The van der Waals surface area contributed by atoms with Crippen molar-refractivity contribution in [2.24, 2.45) is 0 Å². The van der Waals surface area contributed by atoms with Crippen LogP contribution in [0.1, 0.15) is 11.1 Å². The molecule has 104 valence electrons. The Morgan fingerprint density at radius 1 is 0.950 bits per heavy atom. The van der Waals surface area contributed by atoms with Crippen LogP contribution in [0.5, 0.6) is 0 Å². The summed E-state index contributed by atoms with van der Waals surface area (Å²) in [6.45, 7) is 1.09. The number of carbonyl (C=O) groups excluding carboxylic acids is 1. The average Bonchev–Trinajstić information content (AvgIpc) is 2.48. The molecule has 0 saturated carbocycles. The van der Waals surface area contributed by atoms with Crippen molar-refractivity contribution >= 4 is 17.6 Å². The van der Waals surface area contributed by atoms with Gasteiger partial charge in [-0.25, -0.2) is 4.79 Å². The summed E-state index contributed by atoms with van der Waals surface area (Å²) in [7, 11) is 0. The predicted octanol–water partition coefficient (Wildman–Crippen LogP) is 3.38. The Bertz CT molecular complexity index is 557. The first-order valence-electron chi connectivity index (χ1n) is 6.55. The van der Waals surface area contributed by atoms with Crippen molar-refractivity contribution in [1.29, 1.82) is 0 Å². The van der Waals surface area contributed by atoms with E-state index in [1.807, 2.05) is 54.6 Å². The molecule has 20 heavy (non-hydrogen) atoms. The molecule has 0 aromatic heterocycles. The lowest BCUT2D eigenvalue weighted by Gasteiger charge is -2.08. The third kappa shape index (κ3) is 4.59. The summed E-state index contributed by atoms with van der Waals surface area (Å²) in [6.07, 6.45) is 0.721. The van der Waals surface area contributed by atoms with Gasteiger partial charge < -0.3 is 10.6 Å². The van der Waals surface area contributed by atoms with E-state index in [0.717, 1.165) is 22.6 Å². The van der Waals surface area contributed by atoms with Gasteiger partial charge in [0, 0.05) is 18.1 Å². The van der Waals surface area contributed by atoms with Crippen LogP contribution in [-0.4, -0.2) is 12.6 Å². The van der Waals surface area contributed by atoms with Crippen LogP contribution in [0.15, 0.2) is 54.6 Å². The molecular weight excluding hydrogens is 272 g/mol. The molecular formula is C16H17ClN2O. The smallest absolute Gasteiger partial charge is 0.315 e. The Hall–Kier alpha value is -2.00. The van der Waals surface area contributed by atoms with E-state index in [2.05, 4.69) is 10.6 Å². The van der Waals surface area contributed by atoms with Crippen LogP contribution < -0.4 is 10.6 Å². The Morgan fingerprint density at radius 3 is 2.40 bits per heavy atom. The van der Waals surface area contributed by atoms with E-state index >= 15 is 0 Å². The van der Waals surface area contributed by atoms with Gasteiger partial charge in [-0.15, -0.1) is 0 Å². The largest absolute Gasteiger partial charge is 0.338 e. The second-order valence-corrected chi connectivity index (χ2v) is 4.84. The molecule has 0 saturated heterocycles. The van der Waals surface area contributed by atoms with Crippen molar-refractivity contribution in [2.45, 2.75) is 13.0 Å². The van der Waals surface area contributed by atoms with Crippen molar-refractivity contribution < 1.29 is 4.79 Å². The summed E-state index contributed by atoms with van der Waals surface area (Å²) < 4.78 is 0. The molecule has 0 radical (unpaired) electrons. The van der Waals surface area contributed by atoms with Crippen molar-refractivity contribution in [2.75, 3.05) is 6.54 Å². The van der Waals surface area contributed by atoms with Crippen LogP contribution >= 0.6 is 11.6 Å². The van der Waals surface area contributed by atoms with Crippen LogP contribution in [0.3, 0.4) is 0 Å². The van der Waals surface area contributed by atoms with Gasteiger partial charge in [-0.2, -0.15) is 0 Å². The first-order chi connectivity index (χ1) is 9.75. The molecule has 0 unspecified atom stereocenters. The summed E-state index contributed by atoms with van der Waals surface area (Å²) in [6, 6.07) is 17.3. The fourth-order valence-electron chi connectivity index (χ4n) is 1.85. The monoisotopic (exact) mass is 288 g/mol. The number of rotatable bonds is 5. The maximum Gasteiger partial charge on any atom is 0.315 e.